The van der Waals surface area contributed by atoms with Gasteiger partial charge in [0.25, 0.3) is 0 Å². The van der Waals surface area contributed by atoms with Crippen LogP contribution in [0.15, 0.2) is 28.8 Å². The topological polar surface area (TPSA) is 61.6 Å². The number of aryl methyl sites for hydroxylation is 1. The molecule has 2 aliphatic rings. The van der Waals surface area contributed by atoms with E-state index in [0.717, 1.165) is 56.9 Å². The number of carbonyl (C=O) groups excluding carboxylic acids is 1. The maximum atomic E-state index is 12.1. The summed E-state index contributed by atoms with van der Waals surface area (Å²) in [5, 5.41) is 8.18. The number of amides is 1. The Morgan fingerprint density at radius 3 is 2.70 bits per heavy atom. The molecule has 2 heterocycles. The van der Waals surface area contributed by atoms with E-state index in [0.29, 0.717) is 27.8 Å². The number of carbonyl (C=O) groups is 1. The summed E-state index contributed by atoms with van der Waals surface area (Å²) in [6.07, 6.45) is 3.59. The SMILES string of the molecule is Cc1cc(CC(=O)N[C@H]2C[C@H](CCN3CCN(c4cccc(Cl)c4Cl)CC3)C2)on1. The average molecular weight is 451 g/mol. The van der Waals surface area contributed by atoms with Crippen molar-refractivity contribution < 1.29 is 9.32 Å². The summed E-state index contributed by atoms with van der Waals surface area (Å²) in [6, 6.07) is 7.93. The molecule has 1 N–H and O–H groups in total. The molecule has 2 fully saturated rings. The number of benzene rings is 1. The van der Waals surface area contributed by atoms with Crippen LogP contribution in [0.3, 0.4) is 0 Å². The molecule has 1 saturated heterocycles. The highest BCUT2D eigenvalue weighted by atomic mass is 35.5. The monoisotopic (exact) mass is 450 g/mol. The van der Waals surface area contributed by atoms with Gasteiger partial charge >= 0.3 is 0 Å². The standard InChI is InChI=1S/C22H28Cl2N4O2/c1-15-11-18(30-26-15)14-21(29)25-17-12-16(13-17)5-6-27-7-9-28(10-8-27)20-4-2-3-19(23)22(20)24/h2-4,11,16-17H,5-10,12-14H2,1H3,(H,25,29)/t16-,17-. The second-order valence-corrected chi connectivity index (χ2v) is 9.19. The van der Waals surface area contributed by atoms with Gasteiger partial charge in [-0.15, -0.1) is 0 Å². The Morgan fingerprint density at radius 1 is 1.23 bits per heavy atom. The van der Waals surface area contributed by atoms with Gasteiger partial charge in [0.05, 0.1) is 27.8 Å². The second kappa shape index (κ2) is 9.58. The van der Waals surface area contributed by atoms with E-state index >= 15 is 0 Å². The molecule has 2 aromatic rings. The number of hydrogen-bond donors (Lipinski definition) is 1. The zero-order chi connectivity index (χ0) is 21.1. The minimum absolute atomic E-state index is 0.0189. The molecule has 4 rings (SSSR count). The molecule has 162 valence electrons. The van der Waals surface area contributed by atoms with Gasteiger partial charge < -0.3 is 14.7 Å². The normalized spacial score (nSPS) is 22.0. The zero-order valence-electron chi connectivity index (χ0n) is 17.2. The molecule has 1 saturated carbocycles. The van der Waals surface area contributed by atoms with Crippen molar-refractivity contribution >= 4 is 34.8 Å². The highest BCUT2D eigenvalue weighted by Crippen LogP contribution is 2.33. The van der Waals surface area contributed by atoms with Crippen LogP contribution in [0.2, 0.25) is 10.0 Å². The van der Waals surface area contributed by atoms with E-state index in [2.05, 4.69) is 20.3 Å². The minimum atomic E-state index is 0.0189. The predicted molar refractivity (Wildman–Crippen MR) is 119 cm³/mol. The van der Waals surface area contributed by atoms with Crippen LogP contribution < -0.4 is 10.2 Å². The Kier molecular flexibility index (Phi) is 6.86. The van der Waals surface area contributed by atoms with E-state index in [1.807, 2.05) is 31.2 Å². The summed E-state index contributed by atoms with van der Waals surface area (Å²) in [5.74, 6) is 1.34. The number of rotatable bonds is 7. The molecular weight excluding hydrogens is 423 g/mol. The molecule has 1 aromatic carbocycles. The van der Waals surface area contributed by atoms with E-state index in [9.17, 15) is 4.79 Å². The van der Waals surface area contributed by atoms with Crippen LogP contribution in [0.25, 0.3) is 0 Å². The maximum absolute atomic E-state index is 12.1. The molecule has 0 spiro atoms. The summed E-state index contributed by atoms with van der Waals surface area (Å²) in [5.41, 5.74) is 1.83. The van der Waals surface area contributed by atoms with Crippen LogP contribution in [-0.4, -0.2) is 54.7 Å². The van der Waals surface area contributed by atoms with E-state index < -0.39 is 0 Å². The van der Waals surface area contributed by atoms with Crippen LogP contribution in [0.5, 0.6) is 0 Å². The lowest BCUT2D eigenvalue weighted by atomic mass is 9.78. The summed E-state index contributed by atoms with van der Waals surface area (Å²) in [6.45, 7) is 6.96. The Hall–Kier alpha value is -1.76. The van der Waals surface area contributed by atoms with Crippen molar-refractivity contribution in [3.63, 3.8) is 0 Å². The van der Waals surface area contributed by atoms with Crippen LogP contribution in [0.1, 0.15) is 30.7 Å². The molecule has 1 aromatic heterocycles. The Bertz CT molecular complexity index is 874. The summed E-state index contributed by atoms with van der Waals surface area (Å²) < 4.78 is 5.11. The van der Waals surface area contributed by atoms with Gasteiger partial charge in [-0.2, -0.15) is 0 Å². The largest absolute Gasteiger partial charge is 0.368 e. The smallest absolute Gasteiger partial charge is 0.227 e. The van der Waals surface area contributed by atoms with Gasteiger partial charge in [-0.1, -0.05) is 34.4 Å². The minimum Gasteiger partial charge on any atom is -0.368 e. The lowest BCUT2D eigenvalue weighted by Crippen LogP contribution is -2.48. The maximum Gasteiger partial charge on any atom is 0.227 e. The zero-order valence-corrected chi connectivity index (χ0v) is 18.8. The van der Waals surface area contributed by atoms with Crippen LogP contribution >= 0.6 is 23.2 Å². The van der Waals surface area contributed by atoms with Crippen LogP contribution in [-0.2, 0) is 11.2 Å². The third-order valence-corrected chi connectivity index (χ3v) is 6.92. The number of anilines is 1. The van der Waals surface area contributed by atoms with E-state index in [1.54, 1.807) is 0 Å². The fourth-order valence-corrected chi connectivity index (χ4v) is 4.76. The fourth-order valence-electron chi connectivity index (χ4n) is 4.34. The van der Waals surface area contributed by atoms with Crippen LogP contribution in [0.4, 0.5) is 5.69 Å². The summed E-state index contributed by atoms with van der Waals surface area (Å²) in [4.78, 5) is 16.9. The fraction of sp³-hybridized carbons (Fsp3) is 0.545. The summed E-state index contributed by atoms with van der Waals surface area (Å²) >= 11 is 12.5. The third kappa shape index (κ3) is 5.29. The molecule has 0 radical (unpaired) electrons. The molecule has 6 nitrogen and oxygen atoms in total. The van der Waals surface area contributed by atoms with Gasteiger partial charge in [-0.25, -0.2) is 0 Å². The van der Waals surface area contributed by atoms with Crippen molar-refractivity contribution in [3.8, 4) is 0 Å². The Labute approximate surface area is 187 Å². The first kappa shape index (κ1) is 21.5. The van der Waals surface area contributed by atoms with Crippen molar-refractivity contribution in [1.82, 2.24) is 15.4 Å². The first-order valence-corrected chi connectivity index (χ1v) is 11.4. The highest BCUT2D eigenvalue weighted by Gasteiger charge is 2.31. The van der Waals surface area contributed by atoms with Gasteiger partial charge in [0.1, 0.15) is 5.76 Å². The molecule has 1 aliphatic heterocycles. The summed E-state index contributed by atoms with van der Waals surface area (Å²) in [7, 11) is 0. The average Bonchev–Trinajstić information content (AvgIpc) is 3.10. The predicted octanol–water partition coefficient (Wildman–Crippen LogP) is 3.94. The van der Waals surface area contributed by atoms with Crippen molar-refractivity contribution in [3.05, 3.63) is 45.8 Å². The number of nitrogens with zero attached hydrogens (tertiary/aromatic N) is 3. The molecule has 1 aliphatic carbocycles. The van der Waals surface area contributed by atoms with Gasteiger partial charge in [0, 0.05) is 38.3 Å². The number of piperazine rings is 1. The van der Waals surface area contributed by atoms with Gasteiger partial charge in [0.15, 0.2) is 0 Å². The van der Waals surface area contributed by atoms with Crippen LogP contribution in [0, 0.1) is 12.8 Å². The van der Waals surface area contributed by atoms with E-state index in [4.69, 9.17) is 27.7 Å². The molecule has 30 heavy (non-hydrogen) atoms. The lowest BCUT2D eigenvalue weighted by Gasteiger charge is -2.39. The van der Waals surface area contributed by atoms with Crippen molar-refractivity contribution in [1.29, 1.82) is 0 Å². The van der Waals surface area contributed by atoms with Gasteiger partial charge in [-0.05, 0) is 50.8 Å². The van der Waals surface area contributed by atoms with Crippen molar-refractivity contribution in [2.24, 2.45) is 5.92 Å². The molecule has 0 unspecified atom stereocenters. The second-order valence-electron chi connectivity index (χ2n) is 8.40. The van der Waals surface area contributed by atoms with Crippen molar-refractivity contribution in [2.45, 2.75) is 38.6 Å². The quantitative estimate of drug-likeness (QED) is 0.691. The van der Waals surface area contributed by atoms with E-state index in [-0.39, 0.29) is 12.3 Å². The number of halogens is 2. The number of aromatic nitrogens is 1. The van der Waals surface area contributed by atoms with Gasteiger partial charge in [0.2, 0.25) is 5.91 Å². The Morgan fingerprint density at radius 2 is 2.00 bits per heavy atom. The molecular formula is C22H28Cl2N4O2. The molecule has 8 heteroatoms. The molecule has 0 bridgehead atoms. The van der Waals surface area contributed by atoms with Gasteiger partial charge in [-0.3, -0.25) is 9.69 Å². The highest BCUT2D eigenvalue weighted by molar-refractivity contribution is 6.43. The number of hydrogen-bond acceptors (Lipinski definition) is 5. The third-order valence-electron chi connectivity index (χ3n) is 6.11. The first-order chi connectivity index (χ1) is 14.5. The van der Waals surface area contributed by atoms with E-state index in [1.165, 1.54) is 6.42 Å². The van der Waals surface area contributed by atoms with Crippen molar-refractivity contribution in [2.75, 3.05) is 37.6 Å². The first-order valence-electron chi connectivity index (χ1n) is 10.6. The molecule has 0 atom stereocenters. The Balaban J connectivity index is 1.12. The lowest BCUT2D eigenvalue weighted by molar-refractivity contribution is -0.122. The number of nitrogens with one attached hydrogen (secondary N) is 1. The molecule has 1 amide bonds.